The standard InChI is InChI=1S/C11H10N2O3/c1-7-3-4-9-8(10(7)13(14)15)5-6-12-11(9)16-2/h3-6H,1-2H3. The van der Waals surface area contributed by atoms with Gasteiger partial charge in [-0.1, -0.05) is 6.07 Å². The van der Waals surface area contributed by atoms with Crippen molar-refractivity contribution < 1.29 is 9.66 Å². The lowest BCUT2D eigenvalue weighted by atomic mass is 10.1. The topological polar surface area (TPSA) is 65.3 Å². The Morgan fingerprint density at radius 1 is 1.31 bits per heavy atom. The Balaban J connectivity index is 2.89. The van der Waals surface area contributed by atoms with Crippen LogP contribution >= 0.6 is 0 Å². The maximum Gasteiger partial charge on any atom is 0.280 e. The third-order valence-electron chi connectivity index (χ3n) is 2.46. The van der Waals surface area contributed by atoms with E-state index < -0.39 is 0 Å². The van der Waals surface area contributed by atoms with Crippen molar-refractivity contribution >= 4 is 16.5 Å². The SMILES string of the molecule is COc1nccc2c([N+](=O)[O-])c(C)ccc12. The molecule has 82 valence electrons. The highest BCUT2D eigenvalue weighted by Gasteiger charge is 2.17. The monoisotopic (exact) mass is 218 g/mol. The van der Waals surface area contributed by atoms with E-state index in [4.69, 9.17) is 4.74 Å². The van der Waals surface area contributed by atoms with Crippen molar-refractivity contribution in [2.24, 2.45) is 0 Å². The van der Waals surface area contributed by atoms with Crippen LogP contribution in [0.3, 0.4) is 0 Å². The van der Waals surface area contributed by atoms with Crippen LogP contribution in [0.1, 0.15) is 5.56 Å². The third-order valence-corrected chi connectivity index (χ3v) is 2.46. The Kier molecular flexibility index (Phi) is 2.44. The van der Waals surface area contributed by atoms with Crippen LogP contribution in [0, 0.1) is 17.0 Å². The third kappa shape index (κ3) is 1.46. The highest BCUT2D eigenvalue weighted by atomic mass is 16.6. The van der Waals surface area contributed by atoms with Gasteiger partial charge in [0.15, 0.2) is 0 Å². The minimum atomic E-state index is -0.378. The summed E-state index contributed by atoms with van der Waals surface area (Å²) in [4.78, 5) is 14.6. The zero-order chi connectivity index (χ0) is 11.7. The lowest BCUT2D eigenvalue weighted by Crippen LogP contribution is -1.95. The molecule has 0 aliphatic heterocycles. The summed E-state index contributed by atoms with van der Waals surface area (Å²) in [5, 5.41) is 12.2. The molecular formula is C11H10N2O3. The number of ether oxygens (including phenoxy) is 1. The van der Waals surface area contributed by atoms with Crippen LogP contribution in [0.25, 0.3) is 10.8 Å². The number of aromatic nitrogens is 1. The van der Waals surface area contributed by atoms with Crippen LogP contribution in [0.15, 0.2) is 24.4 Å². The number of nitro benzene ring substituents is 1. The van der Waals surface area contributed by atoms with Gasteiger partial charge in [0.25, 0.3) is 5.69 Å². The maximum absolute atomic E-state index is 11.0. The average molecular weight is 218 g/mol. The van der Waals surface area contributed by atoms with Crippen molar-refractivity contribution in [3.8, 4) is 5.88 Å². The van der Waals surface area contributed by atoms with Crippen LogP contribution in [0.2, 0.25) is 0 Å². The molecule has 0 N–H and O–H groups in total. The van der Waals surface area contributed by atoms with Gasteiger partial charge in [-0.25, -0.2) is 4.98 Å². The molecule has 0 spiro atoms. The van der Waals surface area contributed by atoms with Gasteiger partial charge in [-0.2, -0.15) is 0 Å². The zero-order valence-corrected chi connectivity index (χ0v) is 8.93. The Morgan fingerprint density at radius 3 is 2.69 bits per heavy atom. The molecule has 0 fully saturated rings. The lowest BCUT2D eigenvalue weighted by Gasteiger charge is -2.05. The second-order valence-electron chi connectivity index (χ2n) is 3.40. The molecule has 5 nitrogen and oxygen atoms in total. The quantitative estimate of drug-likeness (QED) is 0.573. The number of benzene rings is 1. The van der Waals surface area contributed by atoms with Crippen molar-refractivity contribution in [2.75, 3.05) is 7.11 Å². The van der Waals surface area contributed by atoms with Crippen molar-refractivity contribution in [3.63, 3.8) is 0 Å². The van der Waals surface area contributed by atoms with E-state index in [9.17, 15) is 10.1 Å². The summed E-state index contributed by atoms with van der Waals surface area (Å²) in [6, 6.07) is 5.11. The van der Waals surface area contributed by atoms with E-state index >= 15 is 0 Å². The Morgan fingerprint density at radius 2 is 2.06 bits per heavy atom. The second kappa shape index (κ2) is 3.77. The highest BCUT2D eigenvalue weighted by molar-refractivity contribution is 5.95. The van der Waals surface area contributed by atoms with Crippen molar-refractivity contribution in [1.82, 2.24) is 4.98 Å². The number of rotatable bonds is 2. The molecule has 1 aromatic heterocycles. The number of hydrogen-bond acceptors (Lipinski definition) is 4. The van der Waals surface area contributed by atoms with E-state index in [1.165, 1.54) is 13.3 Å². The predicted molar refractivity (Wildman–Crippen MR) is 59.7 cm³/mol. The lowest BCUT2D eigenvalue weighted by molar-refractivity contribution is -0.383. The second-order valence-corrected chi connectivity index (χ2v) is 3.40. The fraction of sp³-hybridized carbons (Fsp3) is 0.182. The van der Waals surface area contributed by atoms with E-state index in [0.29, 0.717) is 22.2 Å². The normalized spacial score (nSPS) is 10.4. The van der Waals surface area contributed by atoms with E-state index in [0.717, 1.165) is 0 Å². The molecule has 16 heavy (non-hydrogen) atoms. The van der Waals surface area contributed by atoms with Crippen LogP contribution in [-0.2, 0) is 0 Å². The zero-order valence-electron chi connectivity index (χ0n) is 8.93. The first-order valence-corrected chi connectivity index (χ1v) is 4.72. The number of hydrogen-bond donors (Lipinski definition) is 0. The van der Waals surface area contributed by atoms with E-state index in [-0.39, 0.29) is 10.6 Å². The van der Waals surface area contributed by atoms with Gasteiger partial charge in [0.2, 0.25) is 5.88 Å². The van der Waals surface area contributed by atoms with Crippen LogP contribution in [-0.4, -0.2) is 17.0 Å². The van der Waals surface area contributed by atoms with E-state index in [2.05, 4.69) is 4.98 Å². The Bertz CT molecular complexity index is 566. The summed E-state index contributed by atoms with van der Waals surface area (Å²) in [7, 11) is 1.49. The number of fused-ring (bicyclic) bond motifs is 1. The largest absolute Gasteiger partial charge is 0.481 e. The molecule has 0 saturated heterocycles. The van der Waals surface area contributed by atoms with Gasteiger partial charge < -0.3 is 4.74 Å². The molecule has 0 radical (unpaired) electrons. The Hall–Kier alpha value is -2.17. The van der Waals surface area contributed by atoms with Gasteiger partial charge in [-0.15, -0.1) is 0 Å². The molecule has 5 heteroatoms. The molecule has 0 bridgehead atoms. The molecule has 0 saturated carbocycles. The molecule has 0 atom stereocenters. The molecule has 1 heterocycles. The van der Waals surface area contributed by atoms with Gasteiger partial charge >= 0.3 is 0 Å². The van der Waals surface area contributed by atoms with Crippen molar-refractivity contribution in [2.45, 2.75) is 6.92 Å². The predicted octanol–water partition coefficient (Wildman–Crippen LogP) is 2.46. The summed E-state index contributed by atoms with van der Waals surface area (Å²) < 4.78 is 5.07. The summed E-state index contributed by atoms with van der Waals surface area (Å²) in [6.07, 6.45) is 1.51. The number of pyridine rings is 1. The number of nitro groups is 1. The first-order chi connectivity index (χ1) is 7.65. The van der Waals surface area contributed by atoms with Gasteiger partial charge in [0, 0.05) is 11.8 Å². The molecule has 1 aromatic carbocycles. The fourth-order valence-corrected chi connectivity index (χ4v) is 1.73. The molecule has 0 aliphatic rings. The summed E-state index contributed by atoms with van der Waals surface area (Å²) in [5.41, 5.74) is 0.740. The number of nitrogens with zero attached hydrogens (tertiary/aromatic N) is 2. The van der Waals surface area contributed by atoms with E-state index in [1.54, 1.807) is 25.1 Å². The molecular weight excluding hydrogens is 208 g/mol. The summed E-state index contributed by atoms with van der Waals surface area (Å²) in [6.45, 7) is 1.71. The van der Waals surface area contributed by atoms with Crippen LogP contribution in [0.5, 0.6) is 5.88 Å². The van der Waals surface area contributed by atoms with Gasteiger partial charge in [-0.05, 0) is 19.1 Å². The van der Waals surface area contributed by atoms with Gasteiger partial charge in [-0.3, -0.25) is 10.1 Å². The van der Waals surface area contributed by atoms with Crippen LogP contribution in [0.4, 0.5) is 5.69 Å². The van der Waals surface area contributed by atoms with Crippen LogP contribution < -0.4 is 4.74 Å². The van der Waals surface area contributed by atoms with Crippen molar-refractivity contribution in [1.29, 1.82) is 0 Å². The van der Waals surface area contributed by atoms with Crippen molar-refractivity contribution in [3.05, 3.63) is 40.1 Å². The maximum atomic E-state index is 11.0. The highest BCUT2D eigenvalue weighted by Crippen LogP contribution is 2.32. The number of methoxy groups -OCH3 is 1. The summed E-state index contributed by atoms with van der Waals surface area (Å²) in [5.74, 6) is 0.403. The van der Waals surface area contributed by atoms with Gasteiger partial charge in [0.05, 0.1) is 22.8 Å². The first kappa shape index (κ1) is 10.4. The molecule has 2 rings (SSSR count). The summed E-state index contributed by atoms with van der Waals surface area (Å²) >= 11 is 0. The minimum Gasteiger partial charge on any atom is -0.481 e. The number of aryl methyl sites for hydroxylation is 1. The first-order valence-electron chi connectivity index (χ1n) is 4.72. The average Bonchev–Trinajstić information content (AvgIpc) is 2.27. The molecule has 0 aliphatic carbocycles. The van der Waals surface area contributed by atoms with E-state index in [1.807, 2.05) is 0 Å². The molecule has 0 unspecified atom stereocenters. The smallest absolute Gasteiger partial charge is 0.280 e. The molecule has 0 amide bonds. The minimum absolute atomic E-state index is 0.109. The fourth-order valence-electron chi connectivity index (χ4n) is 1.73. The van der Waals surface area contributed by atoms with Gasteiger partial charge in [0.1, 0.15) is 0 Å². The Labute approximate surface area is 91.8 Å². The molecule has 2 aromatic rings.